The summed E-state index contributed by atoms with van der Waals surface area (Å²) in [6, 6.07) is 7.27. The monoisotopic (exact) mass is 283 g/mol. The molecule has 0 saturated carbocycles. The summed E-state index contributed by atoms with van der Waals surface area (Å²) >= 11 is 3.15. The van der Waals surface area contributed by atoms with Crippen LogP contribution in [0.1, 0.15) is 5.69 Å². The average molecular weight is 284 g/mol. The predicted octanol–water partition coefficient (Wildman–Crippen LogP) is 3.92. The Morgan fingerprint density at radius 3 is 2.31 bits per heavy atom. The molecular formula is C12H8BrF2N. The second-order valence-electron chi connectivity index (χ2n) is 3.29. The molecule has 0 unspecified atom stereocenters. The van der Waals surface area contributed by atoms with Crippen LogP contribution >= 0.6 is 15.9 Å². The predicted molar refractivity (Wildman–Crippen MR) is 62.2 cm³/mol. The summed E-state index contributed by atoms with van der Waals surface area (Å²) in [5.74, 6) is -0.673. The van der Waals surface area contributed by atoms with E-state index < -0.39 is 0 Å². The van der Waals surface area contributed by atoms with Crippen molar-refractivity contribution in [3.63, 3.8) is 0 Å². The zero-order valence-corrected chi connectivity index (χ0v) is 9.84. The first-order valence-electron chi connectivity index (χ1n) is 4.67. The van der Waals surface area contributed by atoms with Crippen molar-refractivity contribution in [1.82, 2.24) is 4.98 Å². The second-order valence-corrected chi connectivity index (χ2v) is 3.85. The maximum atomic E-state index is 13.4. The molecule has 0 fully saturated rings. The van der Waals surface area contributed by atoms with Gasteiger partial charge in [0.15, 0.2) is 0 Å². The number of aromatic nitrogens is 1. The molecule has 0 atom stereocenters. The first-order valence-corrected chi connectivity index (χ1v) is 5.79. The Balaban J connectivity index is 2.41. The summed E-state index contributed by atoms with van der Waals surface area (Å²) < 4.78 is 26.2. The van der Waals surface area contributed by atoms with E-state index in [1.807, 2.05) is 0 Å². The highest BCUT2D eigenvalue weighted by molar-refractivity contribution is 9.08. The van der Waals surface area contributed by atoms with Gasteiger partial charge in [0.1, 0.15) is 11.6 Å². The normalized spacial score (nSPS) is 10.4. The average Bonchev–Trinajstić information content (AvgIpc) is 2.30. The maximum Gasteiger partial charge on any atom is 0.146 e. The lowest BCUT2D eigenvalue weighted by molar-refractivity contribution is 0.609. The smallest absolute Gasteiger partial charge is 0.146 e. The quantitative estimate of drug-likeness (QED) is 0.762. The van der Waals surface area contributed by atoms with Crippen molar-refractivity contribution in [2.45, 2.75) is 5.33 Å². The number of rotatable bonds is 2. The Morgan fingerprint density at radius 2 is 1.75 bits per heavy atom. The van der Waals surface area contributed by atoms with E-state index in [1.165, 1.54) is 18.2 Å². The summed E-state index contributed by atoms with van der Waals surface area (Å²) in [5.41, 5.74) is 1.75. The topological polar surface area (TPSA) is 12.9 Å². The number of nitrogens with zero attached hydrogens (tertiary/aromatic N) is 1. The second kappa shape index (κ2) is 4.70. The highest BCUT2D eigenvalue weighted by atomic mass is 79.9. The number of benzene rings is 1. The van der Waals surface area contributed by atoms with E-state index in [2.05, 4.69) is 20.9 Å². The SMILES string of the molecule is Fc1ccc(-c2cnc(CBr)c(F)c2)cc1. The third-order valence-corrected chi connectivity index (χ3v) is 2.75. The van der Waals surface area contributed by atoms with E-state index in [9.17, 15) is 8.78 Å². The van der Waals surface area contributed by atoms with Crippen LogP contribution in [0.15, 0.2) is 36.5 Å². The minimum atomic E-state index is -0.362. The lowest BCUT2D eigenvalue weighted by Gasteiger charge is -2.03. The maximum absolute atomic E-state index is 13.4. The summed E-state index contributed by atoms with van der Waals surface area (Å²) in [5, 5.41) is 0.378. The van der Waals surface area contributed by atoms with Crippen LogP contribution < -0.4 is 0 Å². The van der Waals surface area contributed by atoms with Crippen LogP contribution in [0.2, 0.25) is 0 Å². The summed E-state index contributed by atoms with van der Waals surface area (Å²) in [4.78, 5) is 3.98. The van der Waals surface area contributed by atoms with Crippen molar-refractivity contribution >= 4 is 15.9 Å². The molecule has 0 bridgehead atoms. The highest BCUT2D eigenvalue weighted by Gasteiger charge is 2.05. The molecular weight excluding hydrogens is 276 g/mol. The van der Waals surface area contributed by atoms with Crippen LogP contribution in [0.5, 0.6) is 0 Å². The fourth-order valence-corrected chi connectivity index (χ4v) is 1.78. The molecule has 0 saturated heterocycles. The van der Waals surface area contributed by atoms with Crippen molar-refractivity contribution in [3.05, 3.63) is 53.9 Å². The van der Waals surface area contributed by atoms with E-state index >= 15 is 0 Å². The molecule has 0 N–H and O–H groups in total. The number of alkyl halides is 1. The van der Waals surface area contributed by atoms with Gasteiger partial charge < -0.3 is 0 Å². The van der Waals surface area contributed by atoms with Crippen molar-refractivity contribution in [3.8, 4) is 11.1 Å². The largest absolute Gasteiger partial charge is 0.257 e. The molecule has 1 nitrogen and oxygen atoms in total. The van der Waals surface area contributed by atoms with Gasteiger partial charge in [0.2, 0.25) is 0 Å². The Morgan fingerprint density at radius 1 is 1.06 bits per heavy atom. The van der Waals surface area contributed by atoms with Crippen molar-refractivity contribution in [2.24, 2.45) is 0 Å². The molecule has 0 amide bonds. The molecule has 1 aromatic heterocycles. The van der Waals surface area contributed by atoms with E-state index in [0.717, 1.165) is 5.56 Å². The van der Waals surface area contributed by atoms with Gasteiger partial charge in [-0.1, -0.05) is 28.1 Å². The Hall–Kier alpha value is -1.29. The molecule has 2 aromatic rings. The first kappa shape index (κ1) is 11.2. The van der Waals surface area contributed by atoms with Gasteiger partial charge in [-0.15, -0.1) is 0 Å². The van der Waals surface area contributed by atoms with Crippen LogP contribution in [0.4, 0.5) is 8.78 Å². The summed E-state index contributed by atoms with van der Waals surface area (Å²) in [7, 11) is 0. The molecule has 0 aliphatic rings. The van der Waals surface area contributed by atoms with E-state index in [-0.39, 0.29) is 11.6 Å². The molecule has 82 valence electrons. The van der Waals surface area contributed by atoms with Crippen molar-refractivity contribution in [2.75, 3.05) is 0 Å². The zero-order chi connectivity index (χ0) is 11.5. The fourth-order valence-electron chi connectivity index (χ4n) is 1.36. The van der Waals surface area contributed by atoms with Crippen LogP contribution in [-0.4, -0.2) is 4.98 Å². The van der Waals surface area contributed by atoms with Crippen LogP contribution in [0.3, 0.4) is 0 Å². The summed E-state index contributed by atoms with van der Waals surface area (Å²) in [6.45, 7) is 0. The minimum absolute atomic E-state index is 0.311. The highest BCUT2D eigenvalue weighted by Crippen LogP contribution is 2.21. The van der Waals surface area contributed by atoms with E-state index in [1.54, 1.807) is 18.3 Å². The van der Waals surface area contributed by atoms with Gasteiger partial charge in [-0.25, -0.2) is 8.78 Å². The van der Waals surface area contributed by atoms with Crippen LogP contribution in [-0.2, 0) is 5.33 Å². The molecule has 0 aliphatic carbocycles. The van der Waals surface area contributed by atoms with Gasteiger partial charge >= 0.3 is 0 Å². The number of pyridine rings is 1. The molecule has 1 aromatic carbocycles. The molecule has 16 heavy (non-hydrogen) atoms. The van der Waals surface area contributed by atoms with Crippen LogP contribution in [0, 0.1) is 11.6 Å². The third kappa shape index (κ3) is 2.27. The van der Waals surface area contributed by atoms with Gasteiger partial charge in [0.25, 0.3) is 0 Å². The van der Waals surface area contributed by atoms with Gasteiger partial charge in [-0.2, -0.15) is 0 Å². The van der Waals surface area contributed by atoms with Gasteiger partial charge in [-0.3, -0.25) is 4.98 Å². The first-order chi connectivity index (χ1) is 7.70. The molecule has 4 heteroatoms. The molecule has 0 spiro atoms. The molecule has 0 radical (unpaired) electrons. The summed E-state index contributed by atoms with van der Waals surface area (Å²) in [6.07, 6.45) is 1.58. The van der Waals surface area contributed by atoms with Gasteiger partial charge in [-0.05, 0) is 23.8 Å². The third-order valence-electron chi connectivity index (χ3n) is 2.22. The fraction of sp³-hybridized carbons (Fsp3) is 0.0833. The lowest BCUT2D eigenvalue weighted by Crippen LogP contribution is -1.92. The number of hydrogen-bond donors (Lipinski definition) is 0. The molecule has 1 heterocycles. The van der Waals surface area contributed by atoms with Gasteiger partial charge in [0, 0.05) is 17.1 Å². The minimum Gasteiger partial charge on any atom is -0.257 e. The van der Waals surface area contributed by atoms with Gasteiger partial charge in [0.05, 0.1) is 5.69 Å². The van der Waals surface area contributed by atoms with Crippen molar-refractivity contribution in [1.29, 1.82) is 0 Å². The lowest BCUT2D eigenvalue weighted by atomic mass is 10.1. The standard InChI is InChI=1S/C12H8BrF2N/c13-6-12-11(15)5-9(7-16-12)8-1-3-10(14)4-2-8/h1-5,7H,6H2. The number of hydrogen-bond acceptors (Lipinski definition) is 1. The molecule has 2 rings (SSSR count). The zero-order valence-electron chi connectivity index (χ0n) is 8.25. The molecule has 0 aliphatic heterocycles. The Kier molecular flexibility index (Phi) is 3.29. The van der Waals surface area contributed by atoms with Crippen molar-refractivity contribution < 1.29 is 8.78 Å². The Bertz CT molecular complexity index is 497. The van der Waals surface area contributed by atoms with E-state index in [4.69, 9.17) is 0 Å². The number of halogens is 3. The van der Waals surface area contributed by atoms with Crippen LogP contribution in [0.25, 0.3) is 11.1 Å². The Labute approximate surface area is 100 Å². The van der Waals surface area contributed by atoms with E-state index in [0.29, 0.717) is 16.6 Å².